The molecule has 3 saturated carbocycles. The summed E-state index contributed by atoms with van der Waals surface area (Å²) in [4.78, 5) is 13.7. The highest BCUT2D eigenvalue weighted by Crippen LogP contribution is 2.72. The molecule has 0 aromatic carbocycles. The molecule has 4 rings (SSSR count). The summed E-state index contributed by atoms with van der Waals surface area (Å²) in [6.07, 6.45) is 13.3. The van der Waals surface area contributed by atoms with E-state index in [9.17, 15) is 15.0 Å². The molecule has 3 heteroatoms. The van der Waals surface area contributed by atoms with Gasteiger partial charge in [0.25, 0.3) is 0 Å². The van der Waals surface area contributed by atoms with Gasteiger partial charge in [-0.15, -0.1) is 0 Å². The van der Waals surface area contributed by atoms with Gasteiger partial charge in [0.2, 0.25) is 0 Å². The molecule has 0 aromatic heterocycles. The Morgan fingerprint density at radius 1 is 1.09 bits per heavy atom. The molecule has 8 atom stereocenters. The molecule has 0 bridgehead atoms. The maximum absolute atomic E-state index is 13.7. The minimum absolute atomic E-state index is 0.0482. The third kappa shape index (κ3) is 3.63. The molecule has 186 valence electrons. The van der Waals surface area contributed by atoms with Gasteiger partial charge >= 0.3 is 0 Å². The van der Waals surface area contributed by atoms with Crippen LogP contribution in [0.2, 0.25) is 0 Å². The van der Waals surface area contributed by atoms with Gasteiger partial charge < -0.3 is 10.2 Å². The first-order valence-corrected chi connectivity index (χ1v) is 13.4. The number of carbonyl (C=O) groups excluding carboxylic acids is 1. The van der Waals surface area contributed by atoms with Gasteiger partial charge in [0.15, 0.2) is 5.78 Å². The summed E-state index contributed by atoms with van der Waals surface area (Å²) in [6, 6.07) is 0. The van der Waals surface area contributed by atoms with Crippen molar-refractivity contribution in [3.05, 3.63) is 23.8 Å². The Bertz CT molecular complexity index is 860. The summed E-state index contributed by atoms with van der Waals surface area (Å²) in [7, 11) is 0. The Morgan fingerprint density at radius 2 is 1.76 bits per heavy atom. The highest BCUT2D eigenvalue weighted by molar-refractivity contribution is 5.95. The third-order valence-electron chi connectivity index (χ3n) is 11.3. The molecule has 0 spiro atoms. The fourth-order valence-electron chi connectivity index (χ4n) is 9.28. The number of aliphatic hydroxyl groups is 2. The topological polar surface area (TPSA) is 57.5 Å². The minimum atomic E-state index is -0.757. The van der Waals surface area contributed by atoms with Crippen molar-refractivity contribution in [3.8, 4) is 0 Å². The number of rotatable bonds is 4. The largest absolute Gasteiger partial charge is 0.393 e. The molecule has 0 amide bonds. The number of ketones is 1. The lowest BCUT2D eigenvalue weighted by atomic mass is 9.40. The van der Waals surface area contributed by atoms with Crippen LogP contribution in [0, 0.1) is 45.3 Å². The number of allylic oxidation sites excluding steroid dienone is 3. The normalized spacial score (nSPS) is 45.9. The zero-order valence-corrected chi connectivity index (χ0v) is 22.4. The number of aliphatic hydroxyl groups excluding tert-OH is 1. The molecule has 4 aliphatic carbocycles. The van der Waals surface area contributed by atoms with E-state index in [0.29, 0.717) is 17.8 Å². The number of carbonyl (C=O) groups is 1. The van der Waals surface area contributed by atoms with Crippen LogP contribution in [0.5, 0.6) is 0 Å². The molecule has 0 aliphatic heterocycles. The average Bonchev–Trinajstić information content (AvgIpc) is 2.96. The summed E-state index contributed by atoms with van der Waals surface area (Å²) in [5.74, 6) is 1.82. The van der Waals surface area contributed by atoms with Crippen molar-refractivity contribution in [3.63, 3.8) is 0 Å². The smallest absolute Gasteiger partial charge is 0.159 e. The van der Waals surface area contributed by atoms with Crippen LogP contribution in [0.15, 0.2) is 23.8 Å². The van der Waals surface area contributed by atoms with Gasteiger partial charge in [0.05, 0.1) is 11.7 Å². The van der Waals surface area contributed by atoms with Gasteiger partial charge in [-0.3, -0.25) is 4.79 Å². The molecule has 2 N–H and O–H groups in total. The predicted octanol–water partition coefficient (Wildman–Crippen LogP) is 6.48. The van der Waals surface area contributed by atoms with Crippen LogP contribution in [-0.4, -0.2) is 27.7 Å². The zero-order valence-electron chi connectivity index (χ0n) is 22.4. The Hall–Kier alpha value is -0.930. The number of hydrogen-bond acceptors (Lipinski definition) is 3. The second-order valence-corrected chi connectivity index (χ2v) is 14.1. The van der Waals surface area contributed by atoms with Crippen LogP contribution in [0.25, 0.3) is 0 Å². The first kappa shape index (κ1) is 25.2. The lowest BCUT2D eigenvalue weighted by molar-refractivity contribution is -0.157. The predicted molar refractivity (Wildman–Crippen MR) is 135 cm³/mol. The van der Waals surface area contributed by atoms with Crippen LogP contribution < -0.4 is 0 Å². The van der Waals surface area contributed by atoms with Gasteiger partial charge in [-0.25, -0.2) is 0 Å². The van der Waals surface area contributed by atoms with Crippen molar-refractivity contribution < 1.29 is 15.0 Å². The van der Waals surface area contributed by atoms with Crippen LogP contribution in [0.3, 0.4) is 0 Å². The molecule has 0 heterocycles. The van der Waals surface area contributed by atoms with Crippen molar-refractivity contribution in [2.24, 2.45) is 45.3 Å². The quantitative estimate of drug-likeness (QED) is 0.476. The summed E-state index contributed by atoms with van der Waals surface area (Å²) in [5, 5.41) is 20.8. The second kappa shape index (κ2) is 7.79. The standard InChI is InChI=1S/C30H48O3/c1-19(10-9-14-26(2,3)33)20-11-16-30(8)22-18-23(31)25-27(4,5)24(32)13-15-28(25,6)21(22)12-17-29(20,30)7/h9,14,18-21,24-25,32-33H,10-13,15-17H2,1-8H3/b14-9+/t19-,20-,21-,24-,25-,28+,29-,30+/m0/s1. The maximum Gasteiger partial charge on any atom is 0.159 e. The van der Waals surface area contributed by atoms with Crippen LogP contribution in [0.4, 0.5) is 0 Å². The molecule has 0 radical (unpaired) electrons. The van der Waals surface area contributed by atoms with E-state index >= 15 is 0 Å². The summed E-state index contributed by atoms with van der Waals surface area (Å²) in [6.45, 7) is 17.6. The van der Waals surface area contributed by atoms with Crippen LogP contribution >= 0.6 is 0 Å². The Kier molecular flexibility index (Phi) is 5.94. The molecule has 4 aliphatic rings. The number of fused-ring (bicyclic) bond motifs is 5. The van der Waals surface area contributed by atoms with E-state index in [4.69, 9.17) is 0 Å². The van der Waals surface area contributed by atoms with E-state index in [1.807, 2.05) is 19.9 Å². The highest BCUT2D eigenvalue weighted by atomic mass is 16.3. The lowest BCUT2D eigenvalue weighted by Crippen LogP contribution is -2.60. The van der Waals surface area contributed by atoms with Crippen LogP contribution in [-0.2, 0) is 4.79 Å². The first-order valence-electron chi connectivity index (χ1n) is 13.4. The van der Waals surface area contributed by atoms with Crippen molar-refractivity contribution in [1.82, 2.24) is 0 Å². The van der Waals surface area contributed by atoms with E-state index in [1.54, 1.807) is 0 Å². The summed E-state index contributed by atoms with van der Waals surface area (Å²) >= 11 is 0. The van der Waals surface area contributed by atoms with Crippen molar-refractivity contribution in [2.45, 2.75) is 112 Å². The van der Waals surface area contributed by atoms with E-state index in [2.05, 4.69) is 53.7 Å². The monoisotopic (exact) mass is 456 g/mol. The Balaban J connectivity index is 1.67. The maximum atomic E-state index is 13.7. The molecular weight excluding hydrogens is 408 g/mol. The van der Waals surface area contributed by atoms with Crippen LogP contribution in [0.1, 0.15) is 100 Å². The van der Waals surface area contributed by atoms with E-state index < -0.39 is 11.7 Å². The average molecular weight is 457 g/mol. The lowest BCUT2D eigenvalue weighted by Gasteiger charge is -2.63. The first-order chi connectivity index (χ1) is 15.1. The van der Waals surface area contributed by atoms with E-state index in [-0.39, 0.29) is 33.4 Å². The Labute approximate surface area is 202 Å². The molecule has 0 unspecified atom stereocenters. The second-order valence-electron chi connectivity index (χ2n) is 14.1. The van der Waals surface area contributed by atoms with Gasteiger partial charge in [0, 0.05) is 11.3 Å². The summed E-state index contributed by atoms with van der Waals surface area (Å²) < 4.78 is 0. The number of hydrogen-bond donors (Lipinski definition) is 2. The fourth-order valence-corrected chi connectivity index (χ4v) is 9.28. The minimum Gasteiger partial charge on any atom is -0.393 e. The van der Waals surface area contributed by atoms with Crippen molar-refractivity contribution in [2.75, 3.05) is 0 Å². The molecule has 0 saturated heterocycles. The molecule has 3 nitrogen and oxygen atoms in total. The van der Waals surface area contributed by atoms with Crippen molar-refractivity contribution >= 4 is 5.78 Å². The fraction of sp³-hybridized carbons (Fsp3) is 0.833. The van der Waals surface area contributed by atoms with Gasteiger partial charge in [-0.05, 0) is 98.9 Å². The highest BCUT2D eigenvalue weighted by Gasteiger charge is 2.66. The molecule has 3 fully saturated rings. The van der Waals surface area contributed by atoms with Gasteiger partial charge in [-0.2, -0.15) is 0 Å². The van der Waals surface area contributed by atoms with Crippen molar-refractivity contribution in [1.29, 1.82) is 0 Å². The molecule has 0 aromatic rings. The van der Waals surface area contributed by atoms with Gasteiger partial charge in [-0.1, -0.05) is 59.3 Å². The SMILES string of the molecule is C[C@@H](C/C=C/C(C)(C)O)[C@@H]1CC[C@]2(C)C3=CC(=O)[C@H]4C(C)(C)[C@@H](O)CC[C@]4(C)[C@H]3CC[C@@]12C. The summed E-state index contributed by atoms with van der Waals surface area (Å²) in [5.41, 5.74) is 0.532. The molecular formula is C30H48O3. The van der Waals surface area contributed by atoms with E-state index in [0.717, 1.165) is 32.1 Å². The van der Waals surface area contributed by atoms with E-state index in [1.165, 1.54) is 18.4 Å². The zero-order chi connectivity index (χ0) is 24.6. The molecule has 33 heavy (non-hydrogen) atoms. The Morgan fingerprint density at radius 3 is 2.39 bits per heavy atom. The van der Waals surface area contributed by atoms with Gasteiger partial charge in [0.1, 0.15) is 0 Å². The third-order valence-corrected chi connectivity index (χ3v) is 11.3.